The Morgan fingerprint density at radius 3 is 2.41 bits per heavy atom. The zero-order valence-electron chi connectivity index (χ0n) is 12.5. The average molecular weight is 312 g/mol. The summed E-state index contributed by atoms with van der Waals surface area (Å²) < 4.78 is 10.1. The highest BCUT2D eigenvalue weighted by Gasteiger charge is 2.21. The molecule has 0 aliphatic rings. The molecule has 0 radical (unpaired) electrons. The third kappa shape index (κ3) is 4.63. The highest BCUT2D eigenvalue weighted by Crippen LogP contribution is 2.37. The zero-order chi connectivity index (χ0) is 16.7. The third-order valence-electron chi connectivity index (χ3n) is 3.30. The number of carbonyl (C=O) groups excluding carboxylic acids is 1. The van der Waals surface area contributed by atoms with Crippen molar-refractivity contribution in [2.75, 3.05) is 20.8 Å². The first kappa shape index (κ1) is 17.8. The van der Waals surface area contributed by atoms with E-state index in [0.29, 0.717) is 17.7 Å². The molecule has 1 aromatic carbocycles. The average Bonchev–Trinajstić information content (AvgIpc) is 2.49. The molecule has 1 aromatic rings. The number of methoxy groups -OCH3 is 2. The lowest BCUT2D eigenvalue weighted by molar-refractivity contribution is -0.144. The van der Waals surface area contributed by atoms with Crippen molar-refractivity contribution in [1.29, 1.82) is 0 Å². The first-order valence-electron chi connectivity index (χ1n) is 6.72. The fraction of sp³-hybridized carbons (Fsp3) is 0.467. The van der Waals surface area contributed by atoms with Crippen LogP contribution in [-0.2, 0) is 16.0 Å². The van der Waals surface area contributed by atoms with Gasteiger partial charge in [-0.2, -0.15) is 0 Å². The van der Waals surface area contributed by atoms with Gasteiger partial charge >= 0.3 is 5.97 Å². The number of hydrogen-bond acceptors (Lipinski definition) is 6. The fourth-order valence-corrected chi connectivity index (χ4v) is 2.14. The first-order valence-corrected chi connectivity index (χ1v) is 6.72. The van der Waals surface area contributed by atoms with Gasteiger partial charge in [0.1, 0.15) is 6.61 Å². The van der Waals surface area contributed by atoms with E-state index in [4.69, 9.17) is 19.7 Å². The van der Waals surface area contributed by atoms with Crippen LogP contribution < -0.4 is 9.47 Å². The highest BCUT2D eigenvalue weighted by molar-refractivity contribution is 5.84. The predicted octanol–water partition coefficient (Wildman–Crippen LogP) is 0.994. The number of hydrogen-bond donors (Lipinski definition) is 3. The van der Waals surface area contributed by atoms with Crippen molar-refractivity contribution in [3.05, 3.63) is 17.7 Å². The molecule has 0 saturated heterocycles. The number of ether oxygens (including phenoxy) is 2. The molecule has 3 N–H and O–H groups in total. The van der Waals surface area contributed by atoms with Crippen LogP contribution in [0.15, 0.2) is 12.1 Å². The second-order valence-corrected chi connectivity index (χ2v) is 4.83. The maximum atomic E-state index is 11.2. The van der Waals surface area contributed by atoms with Crippen molar-refractivity contribution in [2.45, 2.75) is 19.3 Å². The van der Waals surface area contributed by atoms with E-state index >= 15 is 0 Å². The molecule has 0 spiro atoms. The Morgan fingerprint density at radius 1 is 1.23 bits per heavy atom. The number of aliphatic hydroxyl groups excluding tert-OH is 1. The lowest BCUT2D eigenvalue weighted by Gasteiger charge is -2.14. The van der Waals surface area contributed by atoms with Gasteiger partial charge in [0.2, 0.25) is 5.75 Å². The Hall–Kier alpha value is -2.28. The summed E-state index contributed by atoms with van der Waals surface area (Å²) in [7, 11) is 2.83. The molecule has 122 valence electrons. The molecule has 1 rings (SSSR count). The summed E-state index contributed by atoms with van der Waals surface area (Å²) in [5.41, 5.74) is 0.665. The largest absolute Gasteiger partial charge is 0.504 e. The summed E-state index contributed by atoms with van der Waals surface area (Å²) in [6.45, 7) is -0.666. The maximum Gasteiger partial charge on any atom is 0.306 e. The number of carboxylic acid groups (broad SMARTS) is 1. The van der Waals surface area contributed by atoms with Gasteiger partial charge in [-0.3, -0.25) is 9.59 Å². The topological polar surface area (TPSA) is 113 Å². The summed E-state index contributed by atoms with van der Waals surface area (Å²) in [5.74, 6) is -2.04. The van der Waals surface area contributed by atoms with Crippen LogP contribution in [0.4, 0.5) is 0 Å². The van der Waals surface area contributed by atoms with Gasteiger partial charge in [0.15, 0.2) is 17.3 Å². The Kier molecular flexibility index (Phi) is 6.65. The minimum absolute atomic E-state index is 0.102. The quantitative estimate of drug-likeness (QED) is 0.623. The van der Waals surface area contributed by atoms with E-state index in [1.165, 1.54) is 20.3 Å². The van der Waals surface area contributed by atoms with E-state index in [1.807, 2.05) is 0 Å². The molecule has 1 unspecified atom stereocenters. The van der Waals surface area contributed by atoms with E-state index in [1.54, 1.807) is 6.07 Å². The summed E-state index contributed by atoms with van der Waals surface area (Å²) in [4.78, 5) is 22.3. The number of phenols is 1. The number of aliphatic hydroxyl groups is 1. The maximum absolute atomic E-state index is 11.2. The lowest BCUT2D eigenvalue weighted by atomic mass is 9.94. The number of phenolic OH excluding ortho intramolecular Hbond substituents is 1. The summed E-state index contributed by atoms with van der Waals surface area (Å²) in [6, 6.07) is 3.11. The molecular formula is C15H20O7. The molecule has 0 fully saturated rings. The first-order chi connectivity index (χ1) is 10.4. The molecular weight excluding hydrogens is 292 g/mol. The number of benzene rings is 1. The number of aliphatic carboxylic acids is 1. The van der Waals surface area contributed by atoms with Gasteiger partial charge in [-0.1, -0.05) is 0 Å². The number of carbonyl (C=O) groups is 2. The van der Waals surface area contributed by atoms with Crippen molar-refractivity contribution >= 4 is 11.8 Å². The van der Waals surface area contributed by atoms with E-state index in [9.17, 15) is 14.7 Å². The van der Waals surface area contributed by atoms with E-state index in [2.05, 4.69) is 0 Å². The molecule has 22 heavy (non-hydrogen) atoms. The lowest BCUT2D eigenvalue weighted by Crippen LogP contribution is -2.20. The van der Waals surface area contributed by atoms with E-state index in [-0.39, 0.29) is 24.3 Å². The third-order valence-corrected chi connectivity index (χ3v) is 3.30. The summed E-state index contributed by atoms with van der Waals surface area (Å²) >= 11 is 0. The molecule has 7 heteroatoms. The number of carboxylic acids is 1. The van der Waals surface area contributed by atoms with Gasteiger partial charge in [0.05, 0.1) is 20.1 Å². The standard InChI is InChI=1S/C15H20O7/c1-21-13-6-9(5-12(18)14(13)22-2)3-4-10(15(19)20)7-11(17)8-16/h5-6,10,16,18H,3-4,7-8H2,1-2H3,(H,19,20). The van der Waals surface area contributed by atoms with Crippen molar-refractivity contribution in [3.63, 3.8) is 0 Å². The van der Waals surface area contributed by atoms with E-state index < -0.39 is 24.3 Å². The van der Waals surface area contributed by atoms with Crippen LogP contribution in [0.3, 0.4) is 0 Å². The van der Waals surface area contributed by atoms with Crippen molar-refractivity contribution in [2.24, 2.45) is 5.92 Å². The van der Waals surface area contributed by atoms with E-state index in [0.717, 1.165) is 0 Å². The monoisotopic (exact) mass is 312 g/mol. The summed E-state index contributed by atoms with van der Waals surface area (Å²) in [6.07, 6.45) is 0.324. The van der Waals surface area contributed by atoms with Crippen molar-refractivity contribution in [3.8, 4) is 17.2 Å². The minimum atomic E-state index is -1.09. The van der Waals surface area contributed by atoms with Crippen LogP contribution in [-0.4, -0.2) is 47.9 Å². The Bertz CT molecular complexity index is 539. The van der Waals surface area contributed by atoms with Crippen LogP contribution >= 0.6 is 0 Å². The van der Waals surface area contributed by atoms with Crippen LogP contribution in [0.2, 0.25) is 0 Å². The molecule has 0 heterocycles. The van der Waals surface area contributed by atoms with Gasteiger partial charge in [-0.25, -0.2) is 0 Å². The number of Topliss-reactive ketones (excluding diaryl/α,β-unsaturated/α-hetero) is 1. The Labute approximate surface area is 128 Å². The molecule has 0 aromatic heterocycles. The van der Waals surface area contributed by atoms with Gasteiger partial charge in [-0.15, -0.1) is 0 Å². The molecule has 7 nitrogen and oxygen atoms in total. The SMILES string of the molecule is COc1cc(CCC(CC(=O)CO)C(=O)O)cc(O)c1OC. The Balaban J connectivity index is 2.83. The molecule has 0 bridgehead atoms. The van der Waals surface area contributed by atoms with Gasteiger partial charge in [0, 0.05) is 6.42 Å². The van der Waals surface area contributed by atoms with Crippen LogP contribution in [0, 0.1) is 5.92 Å². The van der Waals surface area contributed by atoms with Gasteiger partial charge in [0.25, 0.3) is 0 Å². The number of aromatic hydroxyl groups is 1. The smallest absolute Gasteiger partial charge is 0.306 e. The summed E-state index contributed by atoms with van der Waals surface area (Å²) in [5, 5.41) is 27.7. The fourth-order valence-electron chi connectivity index (χ4n) is 2.14. The molecule has 0 aliphatic heterocycles. The second-order valence-electron chi connectivity index (χ2n) is 4.83. The minimum Gasteiger partial charge on any atom is -0.504 e. The molecule has 0 saturated carbocycles. The Morgan fingerprint density at radius 2 is 1.91 bits per heavy atom. The van der Waals surface area contributed by atoms with Crippen molar-refractivity contribution < 1.29 is 34.4 Å². The van der Waals surface area contributed by atoms with Crippen LogP contribution in [0.5, 0.6) is 17.2 Å². The van der Waals surface area contributed by atoms with Gasteiger partial charge < -0.3 is 24.8 Å². The second kappa shape index (κ2) is 8.23. The zero-order valence-corrected chi connectivity index (χ0v) is 12.5. The normalized spacial score (nSPS) is 11.8. The number of ketones is 1. The molecule has 1 atom stereocenters. The molecule has 0 aliphatic carbocycles. The van der Waals surface area contributed by atoms with Crippen LogP contribution in [0.25, 0.3) is 0 Å². The van der Waals surface area contributed by atoms with Crippen LogP contribution in [0.1, 0.15) is 18.4 Å². The molecule has 0 amide bonds. The van der Waals surface area contributed by atoms with Crippen molar-refractivity contribution in [1.82, 2.24) is 0 Å². The number of rotatable bonds is 9. The van der Waals surface area contributed by atoms with Gasteiger partial charge in [-0.05, 0) is 30.5 Å². The highest BCUT2D eigenvalue weighted by atomic mass is 16.5. The predicted molar refractivity (Wildman–Crippen MR) is 77.4 cm³/mol. The number of aryl methyl sites for hydroxylation is 1.